The highest BCUT2D eigenvalue weighted by molar-refractivity contribution is 6.33. The molecule has 1 heterocycles. The minimum atomic E-state index is -0.565. The third-order valence-electron chi connectivity index (χ3n) is 8.63. The number of anilines is 1. The minimum Gasteiger partial charge on any atom is -0.490 e. The summed E-state index contributed by atoms with van der Waals surface area (Å²) < 4.78 is 11.9. The van der Waals surface area contributed by atoms with Gasteiger partial charge in [-0.25, -0.2) is 0 Å². The van der Waals surface area contributed by atoms with Crippen LogP contribution in [-0.2, 0) is 14.4 Å². The third-order valence-corrected chi connectivity index (χ3v) is 9.24. The Morgan fingerprint density at radius 3 is 2.04 bits per heavy atom. The highest BCUT2D eigenvalue weighted by atomic mass is 35.5. The average Bonchev–Trinajstić information content (AvgIpc) is 2.93. The van der Waals surface area contributed by atoms with Crippen LogP contribution < -0.4 is 14.8 Å². The molecule has 0 saturated carbocycles. The van der Waals surface area contributed by atoms with E-state index in [9.17, 15) is 14.4 Å². The fourth-order valence-corrected chi connectivity index (χ4v) is 7.38. The van der Waals surface area contributed by atoms with Gasteiger partial charge in [0.15, 0.2) is 29.7 Å². The zero-order valence-corrected chi connectivity index (χ0v) is 28.5. The van der Waals surface area contributed by atoms with Crippen molar-refractivity contribution in [3.05, 3.63) is 74.5 Å². The topological polar surface area (TPSA) is 84.9 Å². The maximum absolute atomic E-state index is 14.0. The van der Waals surface area contributed by atoms with Crippen molar-refractivity contribution in [1.82, 2.24) is 4.90 Å². The van der Waals surface area contributed by atoms with E-state index in [4.69, 9.17) is 32.7 Å². The fourth-order valence-electron chi connectivity index (χ4n) is 6.92. The van der Waals surface area contributed by atoms with Gasteiger partial charge in [-0.15, -0.1) is 0 Å². The largest absolute Gasteiger partial charge is 0.490 e. The molecular formula is C36H42Cl2N2O5. The van der Waals surface area contributed by atoms with E-state index < -0.39 is 11.8 Å². The van der Waals surface area contributed by atoms with Gasteiger partial charge in [0.2, 0.25) is 0 Å². The van der Waals surface area contributed by atoms with Gasteiger partial charge in [-0.2, -0.15) is 0 Å². The van der Waals surface area contributed by atoms with Crippen LogP contribution in [0.25, 0.3) is 0 Å². The highest BCUT2D eigenvalue weighted by Gasteiger charge is 2.49. The van der Waals surface area contributed by atoms with Crippen molar-refractivity contribution in [2.75, 3.05) is 25.1 Å². The average molecular weight is 654 g/mol. The first-order valence-corrected chi connectivity index (χ1v) is 16.4. The van der Waals surface area contributed by atoms with Crippen LogP contribution in [0, 0.1) is 10.8 Å². The Morgan fingerprint density at radius 1 is 0.889 bits per heavy atom. The molecule has 2 aromatic carbocycles. The number of allylic oxidation sites excluding steroid dienone is 4. The third kappa shape index (κ3) is 6.80. The molecule has 3 aliphatic rings. The van der Waals surface area contributed by atoms with E-state index in [0.29, 0.717) is 52.6 Å². The van der Waals surface area contributed by atoms with Crippen LogP contribution in [0.2, 0.25) is 10.0 Å². The van der Waals surface area contributed by atoms with E-state index in [1.165, 1.54) is 0 Å². The number of nitrogens with zero attached hydrogens (tertiary/aromatic N) is 1. The van der Waals surface area contributed by atoms with E-state index in [1.54, 1.807) is 30.3 Å². The number of Topliss-reactive ketones (excluding diaryl/α,β-unsaturated/α-hetero) is 2. The summed E-state index contributed by atoms with van der Waals surface area (Å²) in [4.78, 5) is 43.1. The second kappa shape index (κ2) is 12.8. The highest BCUT2D eigenvalue weighted by Crippen LogP contribution is 2.55. The molecular weight excluding hydrogens is 611 g/mol. The first kappa shape index (κ1) is 33.1. The lowest BCUT2D eigenvalue weighted by molar-refractivity contribution is -0.120. The molecule has 240 valence electrons. The number of hydrogen-bond acceptors (Lipinski definition) is 6. The lowest BCUT2D eigenvalue weighted by Crippen LogP contribution is -2.44. The molecule has 2 aliphatic carbocycles. The van der Waals surface area contributed by atoms with Crippen LogP contribution >= 0.6 is 23.2 Å². The predicted molar refractivity (Wildman–Crippen MR) is 178 cm³/mol. The van der Waals surface area contributed by atoms with Crippen molar-refractivity contribution in [3.8, 4) is 11.5 Å². The number of carbonyl (C=O) groups is 3. The van der Waals surface area contributed by atoms with E-state index in [2.05, 4.69) is 44.8 Å². The normalized spacial score (nSPS) is 19.3. The Labute approximate surface area is 275 Å². The summed E-state index contributed by atoms with van der Waals surface area (Å²) in [5.41, 5.74) is 4.17. The second-order valence-electron chi connectivity index (χ2n) is 13.8. The van der Waals surface area contributed by atoms with E-state index >= 15 is 0 Å². The first-order chi connectivity index (χ1) is 21.2. The van der Waals surface area contributed by atoms with Crippen molar-refractivity contribution >= 4 is 46.4 Å². The quantitative estimate of drug-likeness (QED) is 0.292. The van der Waals surface area contributed by atoms with Crippen molar-refractivity contribution < 1.29 is 23.9 Å². The molecule has 1 amide bonds. The number of para-hydroxylation sites is 1. The van der Waals surface area contributed by atoms with Gasteiger partial charge in [-0.1, -0.05) is 70.0 Å². The molecule has 0 aromatic heterocycles. The molecule has 0 fully saturated rings. The van der Waals surface area contributed by atoms with Crippen LogP contribution in [0.4, 0.5) is 5.69 Å². The Hall–Kier alpha value is -3.29. The zero-order chi connectivity index (χ0) is 32.7. The van der Waals surface area contributed by atoms with Gasteiger partial charge in [-0.05, 0) is 66.8 Å². The van der Waals surface area contributed by atoms with Gasteiger partial charge in [0.05, 0.1) is 22.3 Å². The van der Waals surface area contributed by atoms with Crippen LogP contribution in [0.1, 0.15) is 85.1 Å². The lowest BCUT2D eigenvalue weighted by Gasteiger charge is -2.49. The molecule has 1 aliphatic heterocycles. The summed E-state index contributed by atoms with van der Waals surface area (Å²) >= 11 is 13.1. The Balaban J connectivity index is 1.58. The number of halogens is 2. The van der Waals surface area contributed by atoms with Gasteiger partial charge in [-0.3, -0.25) is 14.4 Å². The maximum atomic E-state index is 14.0. The number of ketones is 2. The number of hydrogen-bond donors (Lipinski definition) is 1. The van der Waals surface area contributed by atoms with Crippen LogP contribution in [0.3, 0.4) is 0 Å². The molecule has 0 bridgehead atoms. The predicted octanol–water partition coefficient (Wildman–Crippen LogP) is 8.51. The lowest BCUT2D eigenvalue weighted by atomic mass is 9.63. The molecule has 1 N–H and O–H groups in total. The summed E-state index contributed by atoms with van der Waals surface area (Å²) in [6, 6.07) is 10.5. The molecule has 0 unspecified atom stereocenters. The number of ether oxygens (including phenoxy) is 2. The van der Waals surface area contributed by atoms with E-state index in [-0.39, 0.29) is 39.8 Å². The smallest absolute Gasteiger partial charge is 0.262 e. The molecule has 0 saturated heterocycles. The van der Waals surface area contributed by atoms with E-state index in [0.717, 1.165) is 37.2 Å². The number of rotatable bonds is 9. The number of benzene rings is 2. The van der Waals surface area contributed by atoms with Gasteiger partial charge < -0.3 is 19.7 Å². The van der Waals surface area contributed by atoms with Crippen molar-refractivity contribution in [1.29, 1.82) is 0 Å². The zero-order valence-electron chi connectivity index (χ0n) is 26.9. The molecule has 0 atom stereocenters. The summed E-state index contributed by atoms with van der Waals surface area (Å²) in [5, 5.41) is 3.39. The number of carbonyl (C=O) groups excluding carboxylic acids is 3. The molecule has 9 heteroatoms. The Kier molecular flexibility index (Phi) is 9.44. The minimum absolute atomic E-state index is 0.0576. The van der Waals surface area contributed by atoms with Gasteiger partial charge in [0.25, 0.3) is 5.91 Å². The van der Waals surface area contributed by atoms with Crippen molar-refractivity contribution in [2.45, 2.75) is 79.6 Å². The van der Waals surface area contributed by atoms with Crippen LogP contribution in [-0.4, -0.2) is 42.1 Å². The molecule has 45 heavy (non-hydrogen) atoms. The molecule has 7 nitrogen and oxygen atoms in total. The van der Waals surface area contributed by atoms with Crippen LogP contribution in [0.15, 0.2) is 58.9 Å². The fraction of sp³-hybridized carbons (Fsp3) is 0.472. The standard InChI is InChI=1S/C36H42Cl2N2O5/c1-7-13-40-25-16-35(3,4)18-27(41)32(25)31(33-26(40)17-36(5,6)19-28(33)42)21-14-23(38)34(29(15-21)44-8-2)45-20-30(43)39-24-12-10-9-11-22(24)37/h9-12,14-15,31H,7-8,13,16-20H2,1-6H3,(H,39,43). The Morgan fingerprint density at radius 2 is 1.49 bits per heavy atom. The van der Waals surface area contributed by atoms with E-state index in [1.807, 2.05) is 13.0 Å². The molecule has 0 spiro atoms. The second-order valence-corrected chi connectivity index (χ2v) is 14.6. The maximum Gasteiger partial charge on any atom is 0.262 e. The molecule has 2 aromatic rings. The van der Waals surface area contributed by atoms with Gasteiger partial charge in [0.1, 0.15) is 0 Å². The van der Waals surface area contributed by atoms with Crippen molar-refractivity contribution in [2.24, 2.45) is 10.8 Å². The summed E-state index contributed by atoms with van der Waals surface area (Å²) in [7, 11) is 0. The monoisotopic (exact) mass is 652 g/mol. The van der Waals surface area contributed by atoms with Crippen LogP contribution in [0.5, 0.6) is 11.5 Å². The number of nitrogens with one attached hydrogen (secondary N) is 1. The summed E-state index contributed by atoms with van der Waals surface area (Å²) in [6.45, 7) is 13.2. The summed E-state index contributed by atoms with van der Waals surface area (Å²) in [6.07, 6.45) is 3.17. The number of amides is 1. The molecule has 0 radical (unpaired) electrons. The first-order valence-electron chi connectivity index (χ1n) is 15.7. The van der Waals surface area contributed by atoms with Crippen molar-refractivity contribution in [3.63, 3.8) is 0 Å². The van der Waals surface area contributed by atoms with Gasteiger partial charge >= 0.3 is 0 Å². The SMILES string of the molecule is CCCN1C2=C(C(=O)CC(C)(C)C2)C(c2cc(Cl)c(OCC(=O)Nc3ccccc3Cl)c(OCC)c2)C2=C1CC(C)(C)CC2=O. The summed E-state index contributed by atoms with van der Waals surface area (Å²) in [5.74, 6) is -0.299. The Bertz CT molecular complexity index is 1550. The van der Waals surface area contributed by atoms with Gasteiger partial charge in [0, 0.05) is 47.8 Å². The molecule has 5 rings (SSSR count).